The molecule has 0 unspecified atom stereocenters. The lowest BCUT2D eigenvalue weighted by molar-refractivity contribution is 0.672. The van der Waals surface area contributed by atoms with E-state index in [0.717, 1.165) is 49.8 Å². The lowest BCUT2D eigenvalue weighted by atomic mass is 9.92. The van der Waals surface area contributed by atoms with Gasteiger partial charge < -0.3 is 9.32 Å². The zero-order valence-corrected chi connectivity index (χ0v) is 29.4. The lowest BCUT2D eigenvalue weighted by Gasteiger charge is -2.27. The van der Waals surface area contributed by atoms with E-state index in [1.54, 1.807) is 0 Å². The van der Waals surface area contributed by atoms with E-state index in [1.165, 1.54) is 54.6 Å². The standard InChI is InChI=1S/C52H33NO/c1-2-12-34(13-3-1)35-24-27-40(28-25-35)53(50-33-49-46-19-10-11-21-51(46)54-52(49)47-20-9-8-18-45(47)50)41-29-26-36-22-23-38(30-39(36)31-41)48-32-37-14-4-5-15-42(37)43-16-6-7-17-44(43)48/h1-33H. The van der Waals surface area contributed by atoms with Crippen LogP contribution in [0.4, 0.5) is 17.1 Å². The molecule has 11 aromatic rings. The highest BCUT2D eigenvalue weighted by Gasteiger charge is 2.21. The lowest BCUT2D eigenvalue weighted by Crippen LogP contribution is -2.10. The third-order valence-corrected chi connectivity index (χ3v) is 11.0. The van der Waals surface area contributed by atoms with E-state index in [0.29, 0.717) is 0 Å². The minimum absolute atomic E-state index is 0.896. The average molecular weight is 688 g/mol. The number of fused-ring (bicyclic) bond motifs is 9. The van der Waals surface area contributed by atoms with Crippen molar-refractivity contribution in [3.05, 3.63) is 200 Å². The number of para-hydroxylation sites is 1. The molecule has 0 atom stereocenters. The summed E-state index contributed by atoms with van der Waals surface area (Å²) in [6.45, 7) is 0. The van der Waals surface area contributed by atoms with Gasteiger partial charge in [-0.05, 0) is 103 Å². The molecule has 2 nitrogen and oxygen atoms in total. The van der Waals surface area contributed by atoms with Crippen LogP contribution in [0.15, 0.2) is 205 Å². The van der Waals surface area contributed by atoms with Crippen molar-refractivity contribution < 1.29 is 4.42 Å². The summed E-state index contributed by atoms with van der Waals surface area (Å²) in [7, 11) is 0. The van der Waals surface area contributed by atoms with Crippen LogP contribution in [0.2, 0.25) is 0 Å². The molecule has 252 valence electrons. The maximum Gasteiger partial charge on any atom is 0.143 e. The van der Waals surface area contributed by atoms with Gasteiger partial charge in [-0.2, -0.15) is 0 Å². The number of hydrogen-bond donors (Lipinski definition) is 0. The molecule has 0 bridgehead atoms. The van der Waals surface area contributed by atoms with Crippen molar-refractivity contribution in [1.29, 1.82) is 0 Å². The molecule has 0 fully saturated rings. The van der Waals surface area contributed by atoms with Gasteiger partial charge in [0, 0.05) is 32.9 Å². The van der Waals surface area contributed by atoms with Gasteiger partial charge in [0.25, 0.3) is 0 Å². The molecule has 2 heteroatoms. The van der Waals surface area contributed by atoms with Gasteiger partial charge in [-0.15, -0.1) is 0 Å². The molecular weight excluding hydrogens is 655 g/mol. The first kappa shape index (κ1) is 30.5. The fraction of sp³-hybridized carbons (Fsp3) is 0. The van der Waals surface area contributed by atoms with Crippen LogP contribution in [0.25, 0.3) is 87.3 Å². The Balaban J connectivity index is 1.14. The largest absolute Gasteiger partial charge is 0.455 e. The fourth-order valence-corrected chi connectivity index (χ4v) is 8.41. The molecule has 54 heavy (non-hydrogen) atoms. The summed E-state index contributed by atoms with van der Waals surface area (Å²) >= 11 is 0. The Morgan fingerprint density at radius 1 is 0.315 bits per heavy atom. The summed E-state index contributed by atoms with van der Waals surface area (Å²) in [5.74, 6) is 0. The monoisotopic (exact) mass is 687 g/mol. The molecule has 0 aliphatic heterocycles. The molecule has 10 aromatic carbocycles. The number of nitrogens with zero attached hydrogens (tertiary/aromatic N) is 1. The smallest absolute Gasteiger partial charge is 0.143 e. The van der Waals surface area contributed by atoms with E-state index >= 15 is 0 Å². The fourth-order valence-electron chi connectivity index (χ4n) is 8.41. The molecule has 1 heterocycles. The van der Waals surface area contributed by atoms with Gasteiger partial charge in [0.1, 0.15) is 11.2 Å². The van der Waals surface area contributed by atoms with E-state index in [1.807, 2.05) is 6.07 Å². The average Bonchev–Trinajstić information content (AvgIpc) is 3.63. The van der Waals surface area contributed by atoms with E-state index in [9.17, 15) is 0 Å². The molecule has 1 aromatic heterocycles. The van der Waals surface area contributed by atoms with E-state index in [2.05, 4.69) is 199 Å². The third kappa shape index (κ3) is 4.88. The van der Waals surface area contributed by atoms with Crippen LogP contribution in [0.5, 0.6) is 0 Å². The van der Waals surface area contributed by atoms with E-state index in [-0.39, 0.29) is 0 Å². The molecule has 0 radical (unpaired) electrons. The Hall–Kier alpha value is -7.16. The molecule has 0 saturated heterocycles. The quantitative estimate of drug-likeness (QED) is 0.168. The van der Waals surface area contributed by atoms with E-state index in [4.69, 9.17) is 4.42 Å². The zero-order valence-electron chi connectivity index (χ0n) is 29.4. The highest BCUT2D eigenvalue weighted by molar-refractivity contribution is 6.20. The minimum atomic E-state index is 0.896. The Bertz CT molecular complexity index is 3210. The predicted octanol–water partition coefficient (Wildman–Crippen LogP) is 15.0. The summed E-state index contributed by atoms with van der Waals surface area (Å²) in [5, 5.41) is 11.9. The zero-order chi connectivity index (χ0) is 35.6. The molecule has 0 amide bonds. The summed E-state index contributed by atoms with van der Waals surface area (Å²) in [6.07, 6.45) is 0. The Kier molecular flexibility index (Phi) is 6.90. The van der Waals surface area contributed by atoms with Crippen molar-refractivity contribution in [2.45, 2.75) is 0 Å². The molecule has 0 aliphatic carbocycles. The van der Waals surface area contributed by atoms with Crippen molar-refractivity contribution >= 4 is 82.1 Å². The first-order valence-corrected chi connectivity index (χ1v) is 18.5. The van der Waals surface area contributed by atoms with Crippen LogP contribution in [0, 0.1) is 0 Å². The number of benzene rings is 10. The Morgan fingerprint density at radius 2 is 0.926 bits per heavy atom. The van der Waals surface area contributed by atoms with Crippen molar-refractivity contribution in [3.8, 4) is 22.3 Å². The van der Waals surface area contributed by atoms with Crippen LogP contribution in [-0.4, -0.2) is 0 Å². The van der Waals surface area contributed by atoms with Gasteiger partial charge in [-0.1, -0.05) is 152 Å². The van der Waals surface area contributed by atoms with Crippen molar-refractivity contribution in [2.24, 2.45) is 0 Å². The van der Waals surface area contributed by atoms with Crippen molar-refractivity contribution in [3.63, 3.8) is 0 Å². The van der Waals surface area contributed by atoms with Crippen LogP contribution in [0.1, 0.15) is 0 Å². The van der Waals surface area contributed by atoms with Gasteiger partial charge in [-0.25, -0.2) is 0 Å². The third-order valence-electron chi connectivity index (χ3n) is 11.0. The predicted molar refractivity (Wildman–Crippen MR) is 229 cm³/mol. The molecule has 11 rings (SSSR count). The van der Waals surface area contributed by atoms with Gasteiger partial charge >= 0.3 is 0 Å². The maximum absolute atomic E-state index is 6.53. The minimum Gasteiger partial charge on any atom is -0.455 e. The highest BCUT2D eigenvalue weighted by atomic mass is 16.3. The molecule has 0 saturated carbocycles. The van der Waals surface area contributed by atoms with Gasteiger partial charge in [0.05, 0.1) is 5.69 Å². The topological polar surface area (TPSA) is 16.4 Å². The van der Waals surface area contributed by atoms with Crippen LogP contribution < -0.4 is 4.90 Å². The second kappa shape index (κ2) is 12.2. The first-order valence-electron chi connectivity index (χ1n) is 18.5. The normalized spacial score (nSPS) is 11.7. The number of anilines is 3. The van der Waals surface area contributed by atoms with Crippen LogP contribution in [-0.2, 0) is 0 Å². The Labute approximate surface area is 312 Å². The first-order chi connectivity index (χ1) is 26.8. The summed E-state index contributed by atoms with van der Waals surface area (Å²) < 4.78 is 6.53. The van der Waals surface area contributed by atoms with Gasteiger partial charge in [-0.3, -0.25) is 0 Å². The van der Waals surface area contributed by atoms with E-state index < -0.39 is 0 Å². The highest BCUT2D eigenvalue weighted by Crippen LogP contribution is 2.45. The number of rotatable bonds is 5. The molecular formula is C52H33NO. The maximum atomic E-state index is 6.53. The van der Waals surface area contributed by atoms with Crippen LogP contribution >= 0.6 is 0 Å². The van der Waals surface area contributed by atoms with Crippen molar-refractivity contribution in [2.75, 3.05) is 4.90 Å². The SMILES string of the molecule is c1ccc(-c2ccc(N(c3ccc4ccc(-c5cc6ccccc6c6ccccc56)cc4c3)c3cc4c5ccccc5oc4c4ccccc34)cc2)cc1. The van der Waals surface area contributed by atoms with Crippen molar-refractivity contribution in [1.82, 2.24) is 0 Å². The second-order valence-electron chi connectivity index (χ2n) is 14.1. The van der Waals surface area contributed by atoms with Gasteiger partial charge in [0.2, 0.25) is 0 Å². The summed E-state index contributed by atoms with van der Waals surface area (Å²) in [6, 6.07) is 72.4. The summed E-state index contributed by atoms with van der Waals surface area (Å²) in [5.41, 5.74) is 9.93. The Morgan fingerprint density at radius 3 is 1.76 bits per heavy atom. The summed E-state index contributed by atoms with van der Waals surface area (Å²) in [4.78, 5) is 2.41. The number of hydrogen-bond acceptors (Lipinski definition) is 2. The number of furan rings is 1. The van der Waals surface area contributed by atoms with Gasteiger partial charge in [0.15, 0.2) is 0 Å². The second-order valence-corrected chi connectivity index (χ2v) is 14.1. The molecule has 0 N–H and O–H groups in total. The van der Waals surface area contributed by atoms with Crippen LogP contribution in [0.3, 0.4) is 0 Å². The molecule has 0 spiro atoms. The molecule has 0 aliphatic rings.